The van der Waals surface area contributed by atoms with Gasteiger partial charge in [-0.05, 0) is 63.3 Å². The maximum Gasteiger partial charge on any atom is 0.332 e. The summed E-state index contributed by atoms with van der Waals surface area (Å²) in [6.07, 6.45) is 6.39. The van der Waals surface area contributed by atoms with E-state index >= 15 is 0 Å². The normalized spacial score (nSPS) is 18.5. The molecule has 2 aromatic heterocycles. The molecular weight excluding hydrogens is 440 g/mol. The van der Waals surface area contributed by atoms with Gasteiger partial charge in [0.1, 0.15) is 11.2 Å². The van der Waals surface area contributed by atoms with E-state index < -0.39 is 5.69 Å². The second-order valence-corrected chi connectivity index (χ2v) is 10.3. The van der Waals surface area contributed by atoms with E-state index in [0.29, 0.717) is 16.8 Å². The predicted molar refractivity (Wildman–Crippen MR) is 132 cm³/mol. The van der Waals surface area contributed by atoms with Crippen LogP contribution < -0.4 is 21.9 Å². The summed E-state index contributed by atoms with van der Waals surface area (Å²) in [6.45, 7) is 6.80. The van der Waals surface area contributed by atoms with Gasteiger partial charge in [0.05, 0.1) is 5.52 Å². The highest BCUT2D eigenvalue weighted by Gasteiger charge is 2.27. The third kappa shape index (κ3) is 6.34. The molecule has 0 unspecified atom stereocenters. The summed E-state index contributed by atoms with van der Waals surface area (Å²) in [5.41, 5.74) is -0.226. The predicted octanol–water partition coefficient (Wildman–Crippen LogP) is 2.86. The maximum atomic E-state index is 13.2. The quantitative estimate of drug-likeness (QED) is 0.515. The number of hydrogen-bond donors (Lipinski definition) is 2. The fourth-order valence-corrected chi connectivity index (χ4v) is 5.40. The first-order valence-electron chi connectivity index (χ1n) is 12.1. The van der Waals surface area contributed by atoms with Gasteiger partial charge in [-0.1, -0.05) is 19.8 Å². The molecule has 2 heterocycles. The van der Waals surface area contributed by atoms with Crippen LogP contribution in [0.25, 0.3) is 10.2 Å². The molecule has 182 valence electrons. The zero-order valence-electron chi connectivity index (χ0n) is 19.9. The van der Waals surface area contributed by atoms with E-state index in [1.54, 1.807) is 11.4 Å². The molecule has 0 radical (unpaired) electrons. The third-order valence-electron chi connectivity index (χ3n) is 6.33. The molecule has 9 heteroatoms. The first-order chi connectivity index (χ1) is 15.8. The van der Waals surface area contributed by atoms with E-state index in [-0.39, 0.29) is 41.8 Å². The molecule has 0 aliphatic heterocycles. The van der Waals surface area contributed by atoms with Crippen molar-refractivity contribution in [2.75, 3.05) is 6.54 Å². The Hall–Kier alpha value is -2.42. The van der Waals surface area contributed by atoms with Crippen molar-refractivity contribution >= 4 is 33.4 Å². The number of thiophene rings is 1. The lowest BCUT2D eigenvalue weighted by Crippen LogP contribution is -2.44. The second-order valence-electron chi connectivity index (χ2n) is 9.36. The van der Waals surface area contributed by atoms with E-state index in [1.807, 2.05) is 13.8 Å². The molecule has 2 aromatic rings. The highest BCUT2D eigenvalue weighted by Crippen LogP contribution is 2.29. The summed E-state index contributed by atoms with van der Waals surface area (Å²) < 4.78 is 3.18. The lowest BCUT2D eigenvalue weighted by molar-refractivity contribution is -0.126. The Morgan fingerprint density at radius 3 is 2.52 bits per heavy atom. The number of carbonyl (C=O) groups excluding carboxylic acids is 2. The van der Waals surface area contributed by atoms with Crippen LogP contribution in [0.4, 0.5) is 0 Å². The van der Waals surface area contributed by atoms with Gasteiger partial charge in [0, 0.05) is 25.0 Å². The van der Waals surface area contributed by atoms with Gasteiger partial charge >= 0.3 is 5.69 Å². The van der Waals surface area contributed by atoms with E-state index in [9.17, 15) is 19.2 Å². The van der Waals surface area contributed by atoms with Gasteiger partial charge in [0.25, 0.3) is 5.56 Å². The Morgan fingerprint density at radius 2 is 1.85 bits per heavy atom. The van der Waals surface area contributed by atoms with Gasteiger partial charge in [-0.15, -0.1) is 11.3 Å². The SMILES string of the molecule is CCCCCNC(=O)C1CCC(Cn2c(=O)c3sccc3n(CC(=O)NC(C)C)c2=O)CC1. The highest BCUT2D eigenvalue weighted by molar-refractivity contribution is 7.17. The van der Waals surface area contributed by atoms with E-state index in [0.717, 1.165) is 51.5 Å². The average molecular weight is 477 g/mol. The highest BCUT2D eigenvalue weighted by atomic mass is 32.1. The Morgan fingerprint density at radius 1 is 1.12 bits per heavy atom. The van der Waals surface area contributed by atoms with Crippen LogP contribution in [0.3, 0.4) is 0 Å². The summed E-state index contributed by atoms with van der Waals surface area (Å²) in [6, 6.07) is 1.69. The van der Waals surface area contributed by atoms with Gasteiger partial charge in [0.2, 0.25) is 11.8 Å². The average Bonchev–Trinajstić information content (AvgIpc) is 3.27. The first kappa shape index (κ1) is 25.2. The van der Waals surface area contributed by atoms with Crippen LogP contribution >= 0.6 is 11.3 Å². The van der Waals surface area contributed by atoms with Gasteiger partial charge in [-0.2, -0.15) is 0 Å². The fraction of sp³-hybridized carbons (Fsp3) is 0.667. The Kier molecular flexibility index (Phi) is 8.88. The van der Waals surface area contributed by atoms with Crippen LogP contribution in [0.1, 0.15) is 65.7 Å². The first-order valence-corrected chi connectivity index (χ1v) is 13.0. The molecule has 0 atom stereocenters. The van der Waals surface area contributed by atoms with Crippen molar-refractivity contribution in [1.29, 1.82) is 0 Å². The van der Waals surface area contributed by atoms with Crippen LogP contribution in [0, 0.1) is 11.8 Å². The molecule has 0 bridgehead atoms. The van der Waals surface area contributed by atoms with Crippen LogP contribution in [-0.2, 0) is 22.7 Å². The van der Waals surface area contributed by atoms with Crippen molar-refractivity contribution in [3.05, 3.63) is 32.3 Å². The van der Waals surface area contributed by atoms with Crippen LogP contribution in [-0.4, -0.2) is 33.5 Å². The van der Waals surface area contributed by atoms with Crippen molar-refractivity contribution < 1.29 is 9.59 Å². The third-order valence-corrected chi connectivity index (χ3v) is 7.22. The minimum Gasteiger partial charge on any atom is -0.356 e. The Balaban J connectivity index is 1.70. The molecule has 0 aromatic carbocycles. The molecule has 2 amide bonds. The lowest BCUT2D eigenvalue weighted by atomic mass is 9.81. The number of carbonyl (C=O) groups is 2. The van der Waals surface area contributed by atoms with Crippen molar-refractivity contribution in [2.24, 2.45) is 11.8 Å². The molecule has 1 aliphatic rings. The van der Waals surface area contributed by atoms with Crippen LogP contribution in [0.15, 0.2) is 21.0 Å². The summed E-state index contributed by atoms with van der Waals surface area (Å²) in [4.78, 5) is 51.0. The number of rotatable bonds is 10. The molecule has 1 fully saturated rings. The van der Waals surface area contributed by atoms with E-state index in [4.69, 9.17) is 0 Å². The number of nitrogens with zero attached hydrogens (tertiary/aromatic N) is 2. The monoisotopic (exact) mass is 476 g/mol. The zero-order chi connectivity index (χ0) is 24.0. The van der Waals surface area contributed by atoms with Gasteiger partial charge in [-0.25, -0.2) is 4.79 Å². The maximum absolute atomic E-state index is 13.2. The molecule has 1 aliphatic carbocycles. The molecule has 8 nitrogen and oxygen atoms in total. The number of nitrogens with one attached hydrogen (secondary N) is 2. The fourth-order valence-electron chi connectivity index (χ4n) is 4.55. The number of amides is 2. The van der Waals surface area contributed by atoms with Crippen molar-refractivity contribution in [2.45, 2.75) is 84.8 Å². The topological polar surface area (TPSA) is 102 Å². The molecular formula is C24H36N4O4S. The molecule has 1 saturated carbocycles. The van der Waals surface area contributed by atoms with E-state index in [2.05, 4.69) is 17.6 Å². The minimum atomic E-state index is -0.444. The van der Waals surface area contributed by atoms with Crippen molar-refractivity contribution in [3.8, 4) is 0 Å². The number of hydrogen-bond acceptors (Lipinski definition) is 5. The van der Waals surface area contributed by atoms with Gasteiger partial charge in [0.15, 0.2) is 0 Å². The summed E-state index contributed by atoms with van der Waals surface area (Å²) in [7, 11) is 0. The molecule has 33 heavy (non-hydrogen) atoms. The minimum absolute atomic E-state index is 0.00996. The number of fused-ring (bicyclic) bond motifs is 1. The molecule has 0 spiro atoms. The Bertz CT molecular complexity index is 1080. The number of aromatic nitrogens is 2. The van der Waals surface area contributed by atoms with E-state index in [1.165, 1.54) is 20.5 Å². The number of unbranched alkanes of at least 4 members (excludes halogenated alkanes) is 2. The summed E-state index contributed by atoms with van der Waals surface area (Å²) in [5, 5.41) is 7.62. The summed E-state index contributed by atoms with van der Waals surface area (Å²) >= 11 is 1.29. The molecule has 0 saturated heterocycles. The van der Waals surface area contributed by atoms with Crippen LogP contribution in [0.5, 0.6) is 0 Å². The molecule has 3 rings (SSSR count). The smallest absolute Gasteiger partial charge is 0.332 e. The molecule has 2 N–H and O–H groups in total. The van der Waals surface area contributed by atoms with Crippen LogP contribution in [0.2, 0.25) is 0 Å². The van der Waals surface area contributed by atoms with Crippen molar-refractivity contribution in [3.63, 3.8) is 0 Å². The van der Waals surface area contributed by atoms with Gasteiger partial charge in [-0.3, -0.25) is 23.5 Å². The largest absolute Gasteiger partial charge is 0.356 e. The lowest BCUT2D eigenvalue weighted by Gasteiger charge is -2.28. The zero-order valence-corrected chi connectivity index (χ0v) is 20.7. The van der Waals surface area contributed by atoms with Gasteiger partial charge < -0.3 is 10.6 Å². The second kappa shape index (κ2) is 11.6. The van der Waals surface area contributed by atoms with Crippen molar-refractivity contribution in [1.82, 2.24) is 19.8 Å². The Labute approximate surface area is 198 Å². The summed E-state index contributed by atoms with van der Waals surface area (Å²) in [5.74, 6) is 0.0427. The standard InChI is InChI=1S/C24H36N4O4S/c1-4-5-6-12-25-22(30)18-9-7-17(8-10-18)14-28-23(31)21-19(11-13-33-21)27(24(28)32)15-20(29)26-16(2)3/h11,13,16-18H,4-10,12,14-15H2,1-3H3,(H,25,30)(H,26,29).